The highest BCUT2D eigenvalue weighted by Gasteiger charge is 2.46. The molecule has 3 rings (SSSR count). The van der Waals surface area contributed by atoms with Gasteiger partial charge >= 0.3 is 0 Å². The van der Waals surface area contributed by atoms with Gasteiger partial charge in [0.1, 0.15) is 5.76 Å². The van der Waals surface area contributed by atoms with Gasteiger partial charge in [-0.25, -0.2) is 0 Å². The first-order valence-corrected chi connectivity index (χ1v) is 11.7. The molecule has 0 aromatic heterocycles. The Hall–Kier alpha value is -3.52. The van der Waals surface area contributed by atoms with Gasteiger partial charge in [0.2, 0.25) is 5.75 Å². The Morgan fingerprint density at radius 3 is 2.03 bits per heavy atom. The molecule has 1 unspecified atom stereocenters. The zero-order valence-corrected chi connectivity index (χ0v) is 21.3. The zero-order valence-electron chi connectivity index (χ0n) is 21.3. The number of carbonyl (C=O) groups excluding carboxylic acids is 2. The molecular weight excluding hydrogens is 448 g/mol. The minimum atomic E-state index is -0.819. The second-order valence-corrected chi connectivity index (χ2v) is 8.34. The van der Waals surface area contributed by atoms with E-state index in [0.717, 1.165) is 18.7 Å². The van der Waals surface area contributed by atoms with Crippen LogP contribution in [0.25, 0.3) is 5.76 Å². The van der Waals surface area contributed by atoms with Crippen molar-refractivity contribution in [1.82, 2.24) is 9.80 Å². The number of aryl methyl sites for hydroxylation is 1. The predicted molar refractivity (Wildman–Crippen MR) is 134 cm³/mol. The highest BCUT2D eigenvalue weighted by Crippen LogP contribution is 2.45. The van der Waals surface area contributed by atoms with Crippen molar-refractivity contribution in [3.05, 3.63) is 58.7 Å². The van der Waals surface area contributed by atoms with Crippen LogP contribution in [0.15, 0.2) is 42.0 Å². The van der Waals surface area contributed by atoms with Crippen molar-refractivity contribution < 1.29 is 28.9 Å². The summed E-state index contributed by atoms with van der Waals surface area (Å²) in [6, 6.07) is 9.77. The average molecular weight is 483 g/mol. The standard InChI is InChI=1S/C27H34N2O6/c1-7-28(8-2)13-14-29-23(19-15-20(33-4)26(35-6)21(16-19)34-5)22(25(31)27(29)32)24(30)18-11-9-17(3)10-12-18/h9-12,15-16,23,30H,7-8,13-14H2,1-6H3. The van der Waals surface area contributed by atoms with Crippen LogP contribution in [0, 0.1) is 6.92 Å². The Bertz CT molecular complexity index is 1080. The molecule has 1 amide bonds. The number of carbonyl (C=O) groups is 2. The summed E-state index contributed by atoms with van der Waals surface area (Å²) < 4.78 is 16.5. The number of likely N-dealkylation sites (N-methyl/N-ethyl adjacent to an activating group) is 1. The highest BCUT2D eigenvalue weighted by molar-refractivity contribution is 6.46. The van der Waals surface area contributed by atoms with Gasteiger partial charge in [0.25, 0.3) is 11.7 Å². The predicted octanol–water partition coefficient (Wildman–Crippen LogP) is 3.78. The van der Waals surface area contributed by atoms with E-state index in [2.05, 4.69) is 4.90 Å². The SMILES string of the molecule is CCN(CC)CCN1C(=O)C(=O)C(=C(O)c2ccc(C)cc2)C1c1cc(OC)c(OC)c(OC)c1. The molecular formula is C27H34N2O6. The molecule has 188 valence electrons. The van der Waals surface area contributed by atoms with E-state index in [4.69, 9.17) is 14.2 Å². The van der Waals surface area contributed by atoms with E-state index in [1.807, 2.05) is 32.9 Å². The molecule has 1 N–H and O–H groups in total. The summed E-state index contributed by atoms with van der Waals surface area (Å²) in [6.07, 6.45) is 0. The monoisotopic (exact) mass is 482 g/mol. The molecule has 1 aliphatic heterocycles. The largest absolute Gasteiger partial charge is 0.507 e. The van der Waals surface area contributed by atoms with Crippen molar-refractivity contribution in [2.45, 2.75) is 26.8 Å². The number of amides is 1. The number of ketones is 1. The molecule has 0 bridgehead atoms. The fourth-order valence-electron chi connectivity index (χ4n) is 4.37. The summed E-state index contributed by atoms with van der Waals surface area (Å²) >= 11 is 0. The molecule has 8 nitrogen and oxygen atoms in total. The normalized spacial score (nSPS) is 17.2. The minimum Gasteiger partial charge on any atom is -0.507 e. The molecule has 1 fully saturated rings. The molecule has 1 atom stereocenters. The Morgan fingerprint density at radius 1 is 0.971 bits per heavy atom. The number of rotatable bonds is 10. The fourth-order valence-corrected chi connectivity index (χ4v) is 4.37. The third-order valence-electron chi connectivity index (χ3n) is 6.42. The molecule has 0 radical (unpaired) electrons. The van der Waals surface area contributed by atoms with Crippen LogP contribution < -0.4 is 14.2 Å². The van der Waals surface area contributed by atoms with E-state index in [9.17, 15) is 14.7 Å². The molecule has 0 spiro atoms. The number of aliphatic hydroxyl groups is 1. The molecule has 35 heavy (non-hydrogen) atoms. The van der Waals surface area contributed by atoms with Gasteiger partial charge in [0.05, 0.1) is 32.9 Å². The van der Waals surface area contributed by atoms with E-state index in [1.165, 1.54) is 26.2 Å². The summed E-state index contributed by atoms with van der Waals surface area (Å²) in [6.45, 7) is 8.57. The van der Waals surface area contributed by atoms with Crippen LogP contribution >= 0.6 is 0 Å². The lowest BCUT2D eigenvalue weighted by molar-refractivity contribution is -0.140. The van der Waals surface area contributed by atoms with Crippen LogP contribution in [0.1, 0.15) is 36.6 Å². The second-order valence-electron chi connectivity index (χ2n) is 8.34. The first kappa shape index (κ1) is 26.1. The lowest BCUT2D eigenvalue weighted by Crippen LogP contribution is -2.38. The summed E-state index contributed by atoms with van der Waals surface area (Å²) in [7, 11) is 4.52. The number of likely N-dealkylation sites (tertiary alicyclic amines) is 1. The first-order valence-electron chi connectivity index (χ1n) is 11.7. The van der Waals surface area contributed by atoms with Crippen LogP contribution in [0.4, 0.5) is 0 Å². The molecule has 2 aromatic carbocycles. The number of Topliss-reactive ketones (excluding diaryl/α,β-unsaturated/α-hetero) is 1. The maximum atomic E-state index is 13.3. The van der Waals surface area contributed by atoms with Crippen molar-refractivity contribution >= 4 is 17.4 Å². The molecule has 0 aliphatic carbocycles. The molecule has 1 saturated heterocycles. The van der Waals surface area contributed by atoms with E-state index < -0.39 is 17.7 Å². The smallest absolute Gasteiger partial charge is 0.295 e. The van der Waals surface area contributed by atoms with Crippen LogP contribution in [-0.4, -0.2) is 74.1 Å². The number of hydrogen-bond donors (Lipinski definition) is 1. The van der Waals surface area contributed by atoms with Crippen molar-refractivity contribution in [1.29, 1.82) is 0 Å². The van der Waals surface area contributed by atoms with Crippen molar-refractivity contribution in [2.24, 2.45) is 0 Å². The number of nitrogens with zero attached hydrogens (tertiary/aromatic N) is 2. The van der Waals surface area contributed by atoms with Gasteiger partial charge in [-0.3, -0.25) is 9.59 Å². The van der Waals surface area contributed by atoms with Crippen molar-refractivity contribution in [2.75, 3.05) is 47.5 Å². The van der Waals surface area contributed by atoms with E-state index in [-0.39, 0.29) is 11.3 Å². The van der Waals surface area contributed by atoms with E-state index >= 15 is 0 Å². The molecule has 1 aliphatic rings. The quantitative estimate of drug-likeness (QED) is 0.313. The molecule has 1 heterocycles. The summed E-state index contributed by atoms with van der Waals surface area (Å²) in [5, 5.41) is 11.3. The number of benzene rings is 2. The van der Waals surface area contributed by atoms with Gasteiger partial charge in [-0.1, -0.05) is 43.7 Å². The second kappa shape index (κ2) is 11.3. The van der Waals surface area contributed by atoms with Crippen LogP contribution in [-0.2, 0) is 9.59 Å². The number of aliphatic hydroxyl groups excluding tert-OH is 1. The van der Waals surface area contributed by atoms with Gasteiger partial charge in [-0.2, -0.15) is 0 Å². The number of methoxy groups -OCH3 is 3. The molecule has 0 saturated carbocycles. The summed E-state index contributed by atoms with van der Waals surface area (Å²) in [4.78, 5) is 30.2. The van der Waals surface area contributed by atoms with Gasteiger partial charge in [-0.05, 0) is 37.7 Å². The summed E-state index contributed by atoms with van der Waals surface area (Å²) in [5.41, 5.74) is 2.09. The Morgan fingerprint density at radius 2 is 1.54 bits per heavy atom. The van der Waals surface area contributed by atoms with Gasteiger partial charge in [0.15, 0.2) is 11.5 Å². The van der Waals surface area contributed by atoms with Crippen LogP contribution in [0.2, 0.25) is 0 Å². The van der Waals surface area contributed by atoms with Gasteiger partial charge in [-0.15, -0.1) is 0 Å². The third-order valence-corrected chi connectivity index (χ3v) is 6.42. The maximum absolute atomic E-state index is 13.3. The first-order chi connectivity index (χ1) is 16.8. The lowest BCUT2D eigenvalue weighted by Gasteiger charge is -2.29. The number of hydrogen-bond acceptors (Lipinski definition) is 7. The number of ether oxygens (including phenoxy) is 3. The van der Waals surface area contributed by atoms with Crippen molar-refractivity contribution in [3.63, 3.8) is 0 Å². The summed E-state index contributed by atoms with van der Waals surface area (Å²) in [5.74, 6) is -0.395. The maximum Gasteiger partial charge on any atom is 0.295 e. The lowest BCUT2D eigenvalue weighted by atomic mass is 9.94. The van der Waals surface area contributed by atoms with Crippen molar-refractivity contribution in [3.8, 4) is 17.2 Å². The van der Waals surface area contributed by atoms with Crippen LogP contribution in [0.3, 0.4) is 0 Å². The fraction of sp³-hybridized carbons (Fsp3) is 0.407. The van der Waals surface area contributed by atoms with Crippen LogP contribution in [0.5, 0.6) is 17.2 Å². The Kier molecular flexibility index (Phi) is 8.40. The zero-order chi connectivity index (χ0) is 25.7. The van der Waals surface area contributed by atoms with E-state index in [0.29, 0.717) is 41.5 Å². The topological polar surface area (TPSA) is 88.5 Å². The Balaban J connectivity index is 2.21. The molecule has 2 aromatic rings. The third kappa shape index (κ3) is 5.12. The highest BCUT2D eigenvalue weighted by atomic mass is 16.5. The van der Waals surface area contributed by atoms with Gasteiger partial charge in [0, 0.05) is 18.7 Å². The Labute approximate surface area is 206 Å². The van der Waals surface area contributed by atoms with E-state index in [1.54, 1.807) is 24.3 Å². The minimum absolute atomic E-state index is 0.0349. The van der Waals surface area contributed by atoms with Gasteiger partial charge < -0.3 is 29.1 Å². The molecule has 8 heteroatoms. The average Bonchev–Trinajstić information content (AvgIpc) is 3.13.